The number of hydrogen-bond donors (Lipinski definition) is 0. The SMILES string of the molecule is O=C1OC(Cc2ccc(C(F)(F)F)cc2)c2nc(Cl)nc(-c3ccco3)c21. The molecule has 1 unspecified atom stereocenters. The van der Waals surface area contributed by atoms with Crippen LogP contribution in [0.15, 0.2) is 47.1 Å². The summed E-state index contributed by atoms with van der Waals surface area (Å²) in [7, 11) is 0. The van der Waals surface area contributed by atoms with E-state index in [0.717, 1.165) is 12.1 Å². The van der Waals surface area contributed by atoms with E-state index >= 15 is 0 Å². The predicted octanol–water partition coefficient (Wildman–Crippen LogP) is 4.86. The highest BCUT2D eigenvalue weighted by molar-refractivity contribution is 6.28. The van der Waals surface area contributed by atoms with Crippen LogP contribution in [-0.4, -0.2) is 15.9 Å². The second-order valence-electron chi connectivity index (χ2n) is 5.87. The van der Waals surface area contributed by atoms with E-state index in [4.69, 9.17) is 20.8 Å². The number of rotatable bonds is 3. The lowest BCUT2D eigenvalue weighted by molar-refractivity contribution is -0.137. The minimum atomic E-state index is -4.41. The van der Waals surface area contributed by atoms with Gasteiger partial charge in [0.15, 0.2) is 5.76 Å². The van der Waals surface area contributed by atoms with Gasteiger partial charge in [-0.2, -0.15) is 13.2 Å². The molecule has 0 aliphatic carbocycles. The number of alkyl halides is 3. The number of halogens is 4. The second kappa shape index (κ2) is 6.38. The highest BCUT2D eigenvalue weighted by atomic mass is 35.5. The monoisotopic (exact) mass is 394 g/mol. The number of ether oxygens (including phenoxy) is 1. The summed E-state index contributed by atoms with van der Waals surface area (Å²) in [5.41, 5.74) is 0.455. The third-order valence-corrected chi connectivity index (χ3v) is 4.29. The number of cyclic esters (lactones) is 1. The molecule has 1 aliphatic heterocycles. The predicted molar refractivity (Wildman–Crippen MR) is 88.0 cm³/mol. The summed E-state index contributed by atoms with van der Waals surface area (Å²) in [6, 6.07) is 7.89. The minimum absolute atomic E-state index is 0.0872. The van der Waals surface area contributed by atoms with Gasteiger partial charge < -0.3 is 9.15 Å². The van der Waals surface area contributed by atoms with Gasteiger partial charge in [-0.1, -0.05) is 12.1 Å². The molecule has 0 spiro atoms. The lowest BCUT2D eigenvalue weighted by atomic mass is 10.0. The van der Waals surface area contributed by atoms with Gasteiger partial charge in [-0.15, -0.1) is 0 Å². The first-order chi connectivity index (χ1) is 12.8. The molecule has 1 atom stereocenters. The Bertz CT molecular complexity index is 1000. The van der Waals surface area contributed by atoms with Crippen molar-refractivity contribution in [1.29, 1.82) is 0 Å². The smallest absolute Gasteiger partial charge is 0.416 e. The number of carbonyl (C=O) groups is 1. The van der Waals surface area contributed by atoms with E-state index in [-0.39, 0.29) is 28.7 Å². The number of hydrogen-bond acceptors (Lipinski definition) is 5. The fourth-order valence-corrected chi connectivity index (χ4v) is 3.08. The quantitative estimate of drug-likeness (QED) is 0.468. The Morgan fingerprint density at radius 1 is 1.11 bits per heavy atom. The molecule has 1 aliphatic rings. The maximum atomic E-state index is 12.7. The number of benzene rings is 1. The lowest BCUT2D eigenvalue weighted by Gasteiger charge is -2.11. The van der Waals surface area contributed by atoms with Crippen molar-refractivity contribution in [2.45, 2.75) is 18.7 Å². The maximum Gasteiger partial charge on any atom is 0.416 e. The summed E-state index contributed by atoms with van der Waals surface area (Å²) < 4.78 is 48.7. The highest BCUT2D eigenvalue weighted by Crippen LogP contribution is 2.38. The molecular weight excluding hydrogens is 385 g/mol. The van der Waals surface area contributed by atoms with Gasteiger partial charge in [0.25, 0.3) is 0 Å². The zero-order valence-corrected chi connectivity index (χ0v) is 14.2. The molecule has 0 amide bonds. The fraction of sp³-hybridized carbons (Fsp3) is 0.167. The topological polar surface area (TPSA) is 65.2 Å². The lowest BCUT2D eigenvalue weighted by Crippen LogP contribution is -2.07. The van der Waals surface area contributed by atoms with E-state index in [9.17, 15) is 18.0 Å². The Morgan fingerprint density at radius 2 is 1.85 bits per heavy atom. The maximum absolute atomic E-state index is 12.7. The molecule has 3 heterocycles. The Labute approximate surface area is 155 Å². The molecule has 0 saturated heterocycles. The molecule has 4 rings (SSSR count). The minimum Gasteiger partial charge on any atom is -0.463 e. The van der Waals surface area contributed by atoms with Crippen LogP contribution >= 0.6 is 11.6 Å². The number of furan rings is 1. The van der Waals surface area contributed by atoms with Crippen LogP contribution in [0.4, 0.5) is 13.2 Å². The van der Waals surface area contributed by atoms with Crippen molar-refractivity contribution in [2.24, 2.45) is 0 Å². The fourth-order valence-electron chi connectivity index (χ4n) is 2.90. The number of aromatic nitrogens is 2. The van der Waals surface area contributed by atoms with Crippen molar-refractivity contribution >= 4 is 17.6 Å². The van der Waals surface area contributed by atoms with Gasteiger partial charge in [0, 0.05) is 6.42 Å². The summed E-state index contributed by atoms with van der Waals surface area (Å²) in [6.45, 7) is 0. The average Bonchev–Trinajstić information content (AvgIpc) is 3.23. The largest absolute Gasteiger partial charge is 0.463 e. The normalized spacial score (nSPS) is 16.3. The van der Waals surface area contributed by atoms with E-state index in [2.05, 4.69) is 9.97 Å². The zero-order valence-electron chi connectivity index (χ0n) is 13.5. The van der Waals surface area contributed by atoms with Gasteiger partial charge in [0.2, 0.25) is 5.28 Å². The molecule has 0 saturated carbocycles. The molecule has 2 aromatic heterocycles. The molecule has 0 fully saturated rings. The Balaban J connectivity index is 1.68. The second-order valence-corrected chi connectivity index (χ2v) is 6.21. The molecule has 0 N–H and O–H groups in total. The summed E-state index contributed by atoms with van der Waals surface area (Å²) >= 11 is 5.98. The molecule has 27 heavy (non-hydrogen) atoms. The summed E-state index contributed by atoms with van der Waals surface area (Å²) in [5, 5.41) is -0.0872. The van der Waals surface area contributed by atoms with Crippen LogP contribution in [0.3, 0.4) is 0 Å². The van der Waals surface area contributed by atoms with E-state index in [1.807, 2.05) is 0 Å². The Morgan fingerprint density at radius 3 is 2.48 bits per heavy atom. The Hall–Kier alpha value is -2.87. The molecule has 138 valence electrons. The van der Waals surface area contributed by atoms with Gasteiger partial charge in [-0.05, 0) is 41.4 Å². The third-order valence-electron chi connectivity index (χ3n) is 4.13. The van der Waals surface area contributed by atoms with Crippen LogP contribution in [0.1, 0.15) is 33.3 Å². The van der Waals surface area contributed by atoms with Crippen molar-refractivity contribution in [3.63, 3.8) is 0 Å². The van der Waals surface area contributed by atoms with Crippen LogP contribution in [0.25, 0.3) is 11.5 Å². The molecular formula is C18H10ClF3N2O3. The summed E-state index contributed by atoms with van der Waals surface area (Å²) in [6.07, 6.45) is -3.61. The van der Waals surface area contributed by atoms with Crippen LogP contribution in [0.2, 0.25) is 5.28 Å². The zero-order chi connectivity index (χ0) is 19.2. The average molecular weight is 395 g/mol. The van der Waals surface area contributed by atoms with Gasteiger partial charge in [0.1, 0.15) is 23.1 Å². The number of esters is 1. The molecule has 3 aromatic rings. The Kier molecular flexibility index (Phi) is 4.15. The number of carbonyl (C=O) groups excluding carboxylic acids is 1. The van der Waals surface area contributed by atoms with Crippen molar-refractivity contribution in [2.75, 3.05) is 0 Å². The third kappa shape index (κ3) is 3.28. The number of fused-ring (bicyclic) bond motifs is 1. The summed E-state index contributed by atoms with van der Waals surface area (Å²) in [4.78, 5) is 20.5. The van der Waals surface area contributed by atoms with Crippen LogP contribution in [0.5, 0.6) is 0 Å². The van der Waals surface area contributed by atoms with Crippen molar-refractivity contribution < 1.29 is 27.1 Å². The van der Waals surface area contributed by atoms with E-state index < -0.39 is 23.8 Å². The van der Waals surface area contributed by atoms with Crippen molar-refractivity contribution in [3.05, 3.63) is 70.3 Å². The molecule has 9 heteroatoms. The first-order valence-electron chi connectivity index (χ1n) is 7.81. The van der Waals surface area contributed by atoms with Crippen LogP contribution in [0, 0.1) is 0 Å². The van der Waals surface area contributed by atoms with Gasteiger partial charge >= 0.3 is 12.1 Å². The molecule has 5 nitrogen and oxygen atoms in total. The van der Waals surface area contributed by atoms with Gasteiger partial charge in [-0.3, -0.25) is 0 Å². The van der Waals surface area contributed by atoms with Gasteiger partial charge in [0.05, 0.1) is 11.8 Å². The van der Waals surface area contributed by atoms with Crippen LogP contribution < -0.4 is 0 Å². The first-order valence-corrected chi connectivity index (χ1v) is 8.19. The van der Waals surface area contributed by atoms with Crippen molar-refractivity contribution in [1.82, 2.24) is 9.97 Å². The van der Waals surface area contributed by atoms with Crippen LogP contribution in [-0.2, 0) is 17.3 Å². The number of nitrogens with zero attached hydrogens (tertiary/aromatic N) is 2. The van der Waals surface area contributed by atoms with Gasteiger partial charge in [-0.25, -0.2) is 14.8 Å². The summed E-state index contributed by atoms with van der Waals surface area (Å²) in [5.74, 6) is -0.298. The van der Waals surface area contributed by atoms with Crippen molar-refractivity contribution in [3.8, 4) is 11.5 Å². The van der Waals surface area contributed by atoms with E-state index in [1.165, 1.54) is 18.4 Å². The molecule has 0 radical (unpaired) electrons. The highest BCUT2D eigenvalue weighted by Gasteiger charge is 2.37. The van der Waals surface area contributed by atoms with E-state index in [0.29, 0.717) is 11.3 Å². The molecule has 1 aromatic carbocycles. The first kappa shape index (κ1) is 17.5. The van der Waals surface area contributed by atoms with E-state index in [1.54, 1.807) is 12.1 Å². The standard InChI is InChI=1S/C18H10ClF3N2O3/c19-17-23-14(11-2-1-7-26-11)13-15(24-17)12(27-16(13)25)8-9-3-5-10(6-4-9)18(20,21)22/h1-7,12H,8H2. The molecule has 0 bridgehead atoms.